The van der Waals surface area contributed by atoms with E-state index in [1.54, 1.807) is 0 Å². The zero-order chi connectivity index (χ0) is 18.2. The van der Waals surface area contributed by atoms with Gasteiger partial charge in [0.15, 0.2) is 5.79 Å². The van der Waals surface area contributed by atoms with Gasteiger partial charge in [-0.3, -0.25) is 0 Å². The fourth-order valence-corrected chi connectivity index (χ4v) is 8.53. The zero-order valence-electron chi connectivity index (χ0n) is 16.8. The van der Waals surface area contributed by atoms with Crippen molar-refractivity contribution < 1.29 is 9.47 Å². The summed E-state index contributed by atoms with van der Waals surface area (Å²) in [5, 5.41) is 4.22. The SMILES string of the molecule is CC1C2CCC3C4CCC(=NN)C4(C)CCC3C2(C)CCC12OCCO2. The van der Waals surface area contributed by atoms with E-state index in [1.165, 1.54) is 44.2 Å². The van der Waals surface area contributed by atoms with Gasteiger partial charge in [0, 0.05) is 23.5 Å². The third kappa shape index (κ3) is 2.06. The van der Waals surface area contributed by atoms with Crippen molar-refractivity contribution in [2.45, 2.75) is 77.9 Å². The first-order valence-electron chi connectivity index (χ1n) is 11.0. The van der Waals surface area contributed by atoms with Gasteiger partial charge in [0.25, 0.3) is 0 Å². The van der Waals surface area contributed by atoms with Crippen molar-refractivity contribution in [1.82, 2.24) is 0 Å². The molecular weight excluding hydrogens is 324 g/mol. The Balaban J connectivity index is 1.44. The van der Waals surface area contributed by atoms with Crippen molar-refractivity contribution in [1.29, 1.82) is 0 Å². The summed E-state index contributed by atoms with van der Waals surface area (Å²) in [5.74, 6) is 9.27. The summed E-state index contributed by atoms with van der Waals surface area (Å²) in [6, 6.07) is 0. The van der Waals surface area contributed by atoms with Crippen LogP contribution in [0.4, 0.5) is 0 Å². The van der Waals surface area contributed by atoms with Crippen LogP contribution < -0.4 is 5.84 Å². The second-order valence-corrected chi connectivity index (χ2v) is 10.4. The lowest BCUT2D eigenvalue weighted by atomic mass is 9.43. The number of nitrogens with two attached hydrogens (primary N) is 1. The Hall–Kier alpha value is -0.610. The number of rotatable bonds is 0. The maximum absolute atomic E-state index is 6.19. The molecule has 2 N–H and O–H groups in total. The predicted octanol–water partition coefficient (Wildman–Crippen LogP) is 4.33. The second kappa shape index (κ2) is 5.70. The topological polar surface area (TPSA) is 56.8 Å². The van der Waals surface area contributed by atoms with Crippen LogP contribution in [0.2, 0.25) is 0 Å². The van der Waals surface area contributed by atoms with Crippen LogP contribution in [0.15, 0.2) is 5.10 Å². The van der Waals surface area contributed by atoms with Gasteiger partial charge in [-0.05, 0) is 74.0 Å². The first kappa shape index (κ1) is 17.5. The maximum atomic E-state index is 6.19. The normalized spacial score (nSPS) is 54.1. The molecule has 4 aliphatic carbocycles. The lowest BCUT2D eigenvalue weighted by Crippen LogP contribution is -2.59. The van der Waals surface area contributed by atoms with Crippen molar-refractivity contribution in [2.75, 3.05) is 13.2 Å². The predicted molar refractivity (Wildman–Crippen MR) is 103 cm³/mol. The van der Waals surface area contributed by atoms with Gasteiger partial charge in [-0.1, -0.05) is 20.8 Å². The molecule has 26 heavy (non-hydrogen) atoms. The Morgan fingerprint density at radius 1 is 0.923 bits per heavy atom. The monoisotopic (exact) mass is 360 g/mol. The number of fused-ring (bicyclic) bond motifs is 5. The number of hydrogen-bond acceptors (Lipinski definition) is 4. The minimum Gasteiger partial charge on any atom is -0.347 e. The third-order valence-electron chi connectivity index (χ3n) is 9.92. The quantitative estimate of drug-likeness (QED) is 0.516. The second-order valence-electron chi connectivity index (χ2n) is 10.4. The molecule has 7 unspecified atom stereocenters. The van der Waals surface area contributed by atoms with Crippen molar-refractivity contribution in [3.63, 3.8) is 0 Å². The first-order valence-corrected chi connectivity index (χ1v) is 11.0. The molecule has 0 bridgehead atoms. The average molecular weight is 361 g/mol. The zero-order valence-corrected chi connectivity index (χ0v) is 16.8. The molecule has 1 aliphatic heterocycles. The molecule has 146 valence electrons. The van der Waals surface area contributed by atoms with Gasteiger partial charge in [0.1, 0.15) is 0 Å². The van der Waals surface area contributed by atoms with Crippen LogP contribution in [0, 0.1) is 40.4 Å². The highest BCUT2D eigenvalue weighted by atomic mass is 16.7. The van der Waals surface area contributed by atoms with E-state index in [9.17, 15) is 0 Å². The van der Waals surface area contributed by atoms with Gasteiger partial charge in [-0.15, -0.1) is 0 Å². The Morgan fingerprint density at radius 3 is 2.42 bits per heavy atom. The molecule has 5 rings (SSSR count). The first-order chi connectivity index (χ1) is 12.4. The van der Waals surface area contributed by atoms with E-state index in [0.29, 0.717) is 11.3 Å². The number of hydrogen-bond donors (Lipinski definition) is 1. The standard InChI is InChI=1S/C22H36N2O2/c1-14-16-5-4-15-17-6-7-19(24-23)21(17,3)9-8-18(15)20(16,2)10-11-22(14)25-12-13-26-22/h14-18H,4-13,23H2,1-3H3. The van der Waals surface area contributed by atoms with Crippen molar-refractivity contribution in [3.05, 3.63) is 0 Å². The molecule has 4 saturated carbocycles. The van der Waals surface area contributed by atoms with E-state index >= 15 is 0 Å². The van der Waals surface area contributed by atoms with Crippen molar-refractivity contribution in [2.24, 2.45) is 51.4 Å². The molecule has 7 atom stereocenters. The highest BCUT2D eigenvalue weighted by Crippen LogP contribution is 2.67. The van der Waals surface area contributed by atoms with Crippen LogP contribution in [0.25, 0.3) is 0 Å². The molecule has 0 radical (unpaired) electrons. The van der Waals surface area contributed by atoms with Gasteiger partial charge >= 0.3 is 0 Å². The molecule has 0 aromatic rings. The van der Waals surface area contributed by atoms with Crippen molar-refractivity contribution in [3.8, 4) is 0 Å². The molecule has 4 nitrogen and oxygen atoms in total. The highest BCUT2D eigenvalue weighted by Gasteiger charge is 2.63. The highest BCUT2D eigenvalue weighted by molar-refractivity contribution is 5.92. The molecule has 1 spiro atoms. The van der Waals surface area contributed by atoms with E-state index in [1.807, 2.05) is 0 Å². The summed E-state index contributed by atoms with van der Waals surface area (Å²) in [7, 11) is 0. The van der Waals surface area contributed by atoms with E-state index in [0.717, 1.165) is 49.7 Å². The fourth-order valence-electron chi connectivity index (χ4n) is 8.53. The van der Waals surface area contributed by atoms with Crippen molar-refractivity contribution >= 4 is 5.71 Å². The van der Waals surface area contributed by atoms with Crippen LogP contribution >= 0.6 is 0 Å². The summed E-state index contributed by atoms with van der Waals surface area (Å²) in [4.78, 5) is 0. The van der Waals surface area contributed by atoms with Gasteiger partial charge in [-0.2, -0.15) is 5.10 Å². The van der Waals surface area contributed by atoms with Crippen LogP contribution in [0.1, 0.15) is 72.1 Å². The molecular formula is C22H36N2O2. The van der Waals surface area contributed by atoms with Crippen LogP contribution in [0.3, 0.4) is 0 Å². The largest absolute Gasteiger partial charge is 0.347 e. The molecule has 0 aromatic heterocycles. The molecule has 0 aromatic carbocycles. The van der Waals surface area contributed by atoms with Gasteiger partial charge in [0.05, 0.1) is 13.2 Å². The Bertz CT molecular complexity index is 613. The van der Waals surface area contributed by atoms with Crippen LogP contribution in [0.5, 0.6) is 0 Å². The molecule has 5 fully saturated rings. The van der Waals surface area contributed by atoms with E-state index in [4.69, 9.17) is 15.3 Å². The third-order valence-corrected chi connectivity index (χ3v) is 9.92. The summed E-state index contributed by atoms with van der Waals surface area (Å²) in [6.45, 7) is 9.04. The van der Waals surface area contributed by atoms with Crippen LogP contribution in [-0.2, 0) is 9.47 Å². The molecule has 0 amide bonds. The molecule has 1 saturated heterocycles. The maximum Gasteiger partial charge on any atom is 0.171 e. The van der Waals surface area contributed by atoms with Gasteiger partial charge < -0.3 is 15.3 Å². The Kier molecular flexibility index (Phi) is 3.83. The lowest BCUT2D eigenvalue weighted by Gasteiger charge is -2.63. The fraction of sp³-hybridized carbons (Fsp3) is 0.955. The Labute approximate surface area is 158 Å². The van der Waals surface area contributed by atoms with Gasteiger partial charge in [0.2, 0.25) is 0 Å². The summed E-state index contributed by atoms with van der Waals surface area (Å²) in [5.41, 5.74) is 2.03. The van der Waals surface area contributed by atoms with Crippen LogP contribution in [-0.4, -0.2) is 24.7 Å². The van der Waals surface area contributed by atoms with E-state index < -0.39 is 0 Å². The summed E-state index contributed by atoms with van der Waals surface area (Å²) in [6.07, 6.45) is 10.1. The number of hydrazone groups is 1. The van der Waals surface area contributed by atoms with E-state index in [-0.39, 0.29) is 11.2 Å². The summed E-state index contributed by atoms with van der Waals surface area (Å²) >= 11 is 0. The molecule has 1 heterocycles. The average Bonchev–Trinajstić information content (AvgIpc) is 3.23. The molecule has 4 heteroatoms. The minimum atomic E-state index is -0.271. The summed E-state index contributed by atoms with van der Waals surface area (Å²) < 4.78 is 12.4. The number of ether oxygens (including phenoxy) is 2. The van der Waals surface area contributed by atoms with Gasteiger partial charge in [-0.25, -0.2) is 0 Å². The van der Waals surface area contributed by atoms with E-state index in [2.05, 4.69) is 25.9 Å². The Morgan fingerprint density at radius 2 is 1.69 bits per heavy atom. The number of nitrogens with zero attached hydrogens (tertiary/aromatic N) is 1. The minimum absolute atomic E-state index is 0.271. The smallest absolute Gasteiger partial charge is 0.171 e. The molecule has 5 aliphatic rings. The lowest BCUT2D eigenvalue weighted by molar-refractivity contribution is -0.261.